The van der Waals surface area contributed by atoms with Crippen LogP contribution in [-0.4, -0.2) is 109 Å². The van der Waals surface area contributed by atoms with Crippen LogP contribution in [0.25, 0.3) is 22.3 Å². The van der Waals surface area contributed by atoms with E-state index in [4.69, 9.17) is 39.0 Å². The van der Waals surface area contributed by atoms with Crippen LogP contribution in [0, 0.1) is 0 Å². The summed E-state index contributed by atoms with van der Waals surface area (Å²) in [5, 5.41) is 22.2. The molecular weight excluding hydrogens is 634 g/mol. The van der Waals surface area contributed by atoms with Crippen LogP contribution in [0.3, 0.4) is 0 Å². The lowest BCUT2D eigenvalue weighted by Crippen LogP contribution is -2.39. The molecular formula is C20H24N10O12P2. The molecule has 0 aliphatic carbocycles. The number of nitrogens with two attached hydrogens (primary N) is 2. The van der Waals surface area contributed by atoms with E-state index in [-0.39, 0.29) is 34.0 Å². The van der Waals surface area contributed by atoms with Crippen LogP contribution in [0.4, 0.5) is 11.6 Å². The van der Waals surface area contributed by atoms with Crippen LogP contribution >= 0.6 is 15.6 Å². The maximum absolute atomic E-state index is 13.1. The van der Waals surface area contributed by atoms with Crippen molar-refractivity contribution >= 4 is 49.6 Å². The average molecular weight is 658 g/mol. The predicted molar refractivity (Wildman–Crippen MR) is 141 cm³/mol. The van der Waals surface area contributed by atoms with E-state index in [0.29, 0.717) is 0 Å². The lowest BCUT2D eigenvalue weighted by Gasteiger charge is -2.27. The van der Waals surface area contributed by atoms with Gasteiger partial charge in [-0.1, -0.05) is 0 Å². The molecule has 0 saturated carbocycles. The molecule has 10 atom stereocenters. The Labute approximate surface area is 244 Å². The van der Waals surface area contributed by atoms with Crippen molar-refractivity contribution in [3.63, 3.8) is 0 Å². The van der Waals surface area contributed by atoms with E-state index in [9.17, 15) is 29.1 Å². The molecule has 0 bridgehead atoms. The molecule has 4 aromatic heterocycles. The number of aliphatic hydroxyl groups is 2. The second-order valence-corrected chi connectivity index (χ2v) is 12.8. The highest BCUT2D eigenvalue weighted by Gasteiger charge is 2.54. The molecule has 8 N–H and O–H groups in total. The Morgan fingerprint density at radius 2 is 1.11 bits per heavy atom. The average Bonchev–Trinajstić information content (AvgIpc) is 3.73. The topological polar surface area (TPSA) is 310 Å². The Balaban J connectivity index is 1.17. The summed E-state index contributed by atoms with van der Waals surface area (Å²) >= 11 is 0. The number of hydrogen-bond donors (Lipinski definition) is 6. The third-order valence-electron chi connectivity index (χ3n) is 7.26. The summed E-state index contributed by atoms with van der Waals surface area (Å²) in [4.78, 5) is 45.3. The molecule has 3 unspecified atom stereocenters. The summed E-state index contributed by atoms with van der Waals surface area (Å²) in [6.07, 6.45) is -7.30. The highest BCUT2D eigenvalue weighted by atomic mass is 31.2. The highest BCUT2D eigenvalue weighted by molar-refractivity contribution is 7.47. The number of phosphoric ester groups is 2. The van der Waals surface area contributed by atoms with Crippen LogP contribution in [0.5, 0.6) is 0 Å². The molecule has 0 aromatic carbocycles. The quantitative estimate of drug-likeness (QED) is 0.132. The minimum atomic E-state index is -5.00. The molecule has 3 aliphatic heterocycles. The Hall–Kier alpha value is -3.24. The van der Waals surface area contributed by atoms with E-state index in [2.05, 4.69) is 29.9 Å². The first-order valence-electron chi connectivity index (χ1n) is 12.8. The normalized spacial score (nSPS) is 38.3. The van der Waals surface area contributed by atoms with Gasteiger partial charge in [0.1, 0.15) is 60.3 Å². The Morgan fingerprint density at radius 3 is 1.52 bits per heavy atom. The molecule has 3 fully saturated rings. The highest BCUT2D eigenvalue weighted by Crippen LogP contribution is 2.53. The number of aliphatic hydroxyl groups excluding tert-OH is 2. The summed E-state index contributed by atoms with van der Waals surface area (Å²) in [7, 11) is -10.0. The number of nitrogens with zero attached hydrogens (tertiary/aromatic N) is 8. The van der Waals surface area contributed by atoms with Gasteiger partial charge in [0.05, 0.1) is 25.9 Å². The van der Waals surface area contributed by atoms with Crippen molar-refractivity contribution in [2.75, 3.05) is 24.7 Å². The van der Waals surface area contributed by atoms with Gasteiger partial charge in [-0.25, -0.2) is 39.0 Å². The summed E-state index contributed by atoms with van der Waals surface area (Å²) in [6, 6.07) is 0. The number of phosphoric acid groups is 2. The second kappa shape index (κ2) is 10.7. The lowest BCUT2D eigenvalue weighted by atomic mass is 10.1. The molecule has 0 radical (unpaired) electrons. The van der Waals surface area contributed by atoms with E-state index >= 15 is 0 Å². The number of fused-ring (bicyclic) bond motifs is 4. The van der Waals surface area contributed by atoms with Crippen LogP contribution in [0.15, 0.2) is 25.3 Å². The molecule has 3 saturated heterocycles. The molecule has 44 heavy (non-hydrogen) atoms. The van der Waals surface area contributed by atoms with Crippen LogP contribution < -0.4 is 11.5 Å². The zero-order chi connectivity index (χ0) is 31.0. The van der Waals surface area contributed by atoms with Gasteiger partial charge in [0, 0.05) is 0 Å². The van der Waals surface area contributed by atoms with Gasteiger partial charge >= 0.3 is 15.6 Å². The smallest absolute Gasteiger partial charge is 0.386 e. The Morgan fingerprint density at radius 1 is 0.705 bits per heavy atom. The minimum Gasteiger partial charge on any atom is -0.386 e. The summed E-state index contributed by atoms with van der Waals surface area (Å²) < 4.78 is 61.2. The number of hydrogen-bond acceptors (Lipinski definition) is 18. The van der Waals surface area contributed by atoms with Crippen molar-refractivity contribution in [3.8, 4) is 0 Å². The maximum Gasteiger partial charge on any atom is 0.472 e. The largest absolute Gasteiger partial charge is 0.472 e. The first-order chi connectivity index (χ1) is 20.9. The van der Waals surface area contributed by atoms with Crippen molar-refractivity contribution < 1.29 is 56.7 Å². The van der Waals surface area contributed by atoms with E-state index in [1.54, 1.807) is 0 Å². The molecule has 0 amide bonds. The molecule has 24 heteroatoms. The number of ether oxygens (including phenoxy) is 2. The summed E-state index contributed by atoms with van der Waals surface area (Å²) in [6.45, 7) is -1.56. The fraction of sp³-hybridized carbons (Fsp3) is 0.500. The first kappa shape index (κ1) is 29.5. The zero-order valence-electron chi connectivity index (χ0n) is 22.0. The van der Waals surface area contributed by atoms with Crippen molar-refractivity contribution in [1.82, 2.24) is 39.0 Å². The minimum absolute atomic E-state index is 0.0507. The zero-order valence-corrected chi connectivity index (χ0v) is 23.8. The number of rotatable bonds is 2. The van der Waals surface area contributed by atoms with Gasteiger partial charge in [-0.2, -0.15) is 0 Å². The van der Waals surface area contributed by atoms with Gasteiger partial charge in [-0.15, -0.1) is 0 Å². The molecule has 236 valence electrons. The standard InChI is InChI=1S/C20H24N10O12P2/c21-15-9-17(25-3-23-15)29(5-27-9)19-11(31)13-7(39-19)1-37-43(33,34)42-14-8(2-38-44(35,36)41-13)40-20(12(14)32)30-6-28-10-16(22)24-4-26-18(10)30/h3-8,11-14,19-20,31-32H,1-2H2,(H,33,34)(H,35,36)(H2,21,23,25)(H2,22,24,26)/t7-,8?,11-,12-,13-,14-,19-,20-/m1/s1. The second-order valence-electron chi connectivity index (χ2n) is 9.95. The van der Waals surface area contributed by atoms with Crippen molar-refractivity contribution in [2.45, 2.75) is 49.1 Å². The van der Waals surface area contributed by atoms with E-state index in [0.717, 1.165) is 12.7 Å². The SMILES string of the molecule is Nc1ncnc2c1ncn2[C@@H]1O[C@@H]2COP(=O)(O)O[C@@H]3C(COP(=O)(O)O[C@H]2[C@H]1O)O[C@@H](n1cnc2c(N)ncnc21)[C@@H]3O. The predicted octanol–water partition coefficient (Wildman–Crippen LogP) is -1.63. The molecule has 3 aliphatic rings. The van der Waals surface area contributed by atoms with Gasteiger partial charge in [0.2, 0.25) is 0 Å². The fourth-order valence-electron chi connectivity index (χ4n) is 5.24. The van der Waals surface area contributed by atoms with E-state index in [1.165, 1.54) is 21.8 Å². The van der Waals surface area contributed by atoms with E-state index < -0.39 is 77.9 Å². The molecule has 7 rings (SSSR count). The van der Waals surface area contributed by atoms with Gasteiger partial charge in [-0.3, -0.25) is 27.2 Å². The third kappa shape index (κ3) is 5.04. The van der Waals surface area contributed by atoms with Crippen LogP contribution in [0.1, 0.15) is 12.5 Å². The monoisotopic (exact) mass is 658 g/mol. The Bertz CT molecular complexity index is 1690. The fourth-order valence-corrected chi connectivity index (χ4v) is 7.17. The number of anilines is 2. The molecule has 0 spiro atoms. The van der Waals surface area contributed by atoms with Crippen molar-refractivity contribution in [1.29, 1.82) is 0 Å². The van der Waals surface area contributed by atoms with Gasteiger partial charge in [-0.05, 0) is 0 Å². The van der Waals surface area contributed by atoms with Crippen LogP contribution in [-0.2, 0) is 36.7 Å². The van der Waals surface area contributed by atoms with Crippen molar-refractivity contribution in [2.24, 2.45) is 0 Å². The number of imidazole rings is 2. The van der Waals surface area contributed by atoms with Crippen LogP contribution in [0.2, 0.25) is 0 Å². The van der Waals surface area contributed by atoms with Gasteiger partial charge in [0.25, 0.3) is 0 Å². The van der Waals surface area contributed by atoms with Gasteiger partial charge < -0.3 is 40.9 Å². The molecule has 7 heterocycles. The van der Waals surface area contributed by atoms with Crippen molar-refractivity contribution in [3.05, 3.63) is 25.3 Å². The number of aromatic nitrogens is 8. The summed E-state index contributed by atoms with van der Waals surface area (Å²) in [5.41, 5.74) is 12.4. The van der Waals surface area contributed by atoms with Gasteiger partial charge in [0.15, 0.2) is 35.4 Å². The summed E-state index contributed by atoms with van der Waals surface area (Å²) in [5.74, 6) is 0.101. The van der Waals surface area contributed by atoms with E-state index in [1.807, 2.05) is 0 Å². The first-order valence-corrected chi connectivity index (χ1v) is 15.8. The molecule has 4 aromatic rings. The molecule has 22 nitrogen and oxygen atoms in total. The Kier molecular flexibility index (Phi) is 7.16. The lowest BCUT2D eigenvalue weighted by molar-refractivity contribution is -0.0664. The maximum atomic E-state index is 13.1. The third-order valence-corrected chi connectivity index (χ3v) is 9.23. The number of nitrogen functional groups attached to an aromatic ring is 2.